The van der Waals surface area contributed by atoms with E-state index in [0.717, 1.165) is 4.47 Å². The quantitative estimate of drug-likeness (QED) is 0.281. The van der Waals surface area contributed by atoms with Crippen LogP contribution in [0.2, 0.25) is 0 Å². The van der Waals surface area contributed by atoms with Gasteiger partial charge in [0.1, 0.15) is 11.4 Å². The standard InChI is InChI=1S/C11H10BrN3O3/c1-17-10-4-3-7(5-8(10)12)6-9(14-15-13)11(16)18-2/h3-6H,1-2H3/b9-6-. The number of carbonyl (C=O) groups excluding carboxylic acids is 1. The third-order valence-corrected chi connectivity index (χ3v) is 2.65. The van der Waals surface area contributed by atoms with Gasteiger partial charge in [0.2, 0.25) is 0 Å². The molecule has 0 atom stereocenters. The van der Waals surface area contributed by atoms with E-state index in [2.05, 4.69) is 30.7 Å². The van der Waals surface area contributed by atoms with Crippen LogP contribution in [0, 0.1) is 0 Å². The molecule has 6 nitrogen and oxygen atoms in total. The van der Waals surface area contributed by atoms with Gasteiger partial charge in [-0.25, -0.2) is 4.79 Å². The summed E-state index contributed by atoms with van der Waals surface area (Å²) in [7, 11) is 2.77. The number of azide groups is 1. The molecule has 1 rings (SSSR count). The molecule has 0 saturated carbocycles. The Morgan fingerprint density at radius 2 is 2.22 bits per heavy atom. The average molecular weight is 312 g/mol. The molecule has 0 fully saturated rings. The van der Waals surface area contributed by atoms with E-state index < -0.39 is 5.97 Å². The Bertz CT molecular complexity index is 536. The van der Waals surface area contributed by atoms with Crippen molar-refractivity contribution in [3.8, 4) is 5.75 Å². The molecule has 18 heavy (non-hydrogen) atoms. The Morgan fingerprint density at radius 1 is 1.50 bits per heavy atom. The van der Waals surface area contributed by atoms with Crippen molar-refractivity contribution in [1.82, 2.24) is 0 Å². The fourth-order valence-electron chi connectivity index (χ4n) is 1.21. The second-order valence-electron chi connectivity index (χ2n) is 3.10. The van der Waals surface area contributed by atoms with Gasteiger partial charge in [-0.2, -0.15) is 0 Å². The van der Waals surface area contributed by atoms with Crippen molar-refractivity contribution in [3.05, 3.63) is 44.4 Å². The number of carbonyl (C=O) groups is 1. The first-order valence-corrected chi connectivity index (χ1v) is 5.60. The molecule has 0 aliphatic carbocycles. The van der Waals surface area contributed by atoms with Gasteiger partial charge < -0.3 is 9.47 Å². The van der Waals surface area contributed by atoms with Crippen LogP contribution in [0.4, 0.5) is 0 Å². The lowest BCUT2D eigenvalue weighted by Gasteiger charge is -2.04. The summed E-state index contributed by atoms with van der Waals surface area (Å²) < 4.78 is 10.3. The van der Waals surface area contributed by atoms with Crippen LogP contribution in [-0.2, 0) is 9.53 Å². The molecule has 94 valence electrons. The van der Waals surface area contributed by atoms with E-state index in [4.69, 9.17) is 10.3 Å². The van der Waals surface area contributed by atoms with Gasteiger partial charge in [0.25, 0.3) is 0 Å². The van der Waals surface area contributed by atoms with Crippen molar-refractivity contribution in [2.75, 3.05) is 14.2 Å². The lowest BCUT2D eigenvalue weighted by molar-refractivity contribution is -0.136. The largest absolute Gasteiger partial charge is 0.496 e. The molecule has 0 amide bonds. The molecule has 0 unspecified atom stereocenters. The van der Waals surface area contributed by atoms with Crippen molar-refractivity contribution < 1.29 is 14.3 Å². The third kappa shape index (κ3) is 3.51. The molecular formula is C11H10BrN3O3. The van der Waals surface area contributed by atoms with Gasteiger partial charge in [0.15, 0.2) is 0 Å². The SMILES string of the molecule is COC(=O)/C(=C/c1ccc(OC)c(Br)c1)N=[N+]=[N-]. The average Bonchev–Trinajstić information content (AvgIpc) is 2.37. The van der Waals surface area contributed by atoms with E-state index in [-0.39, 0.29) is 5.70 Å². The zero-order chi connectivity index (χ0) is 13.5. The summed E-state index contributed by atoms with van der Waals surface area (Å²) in [5, 5.41) is 3.28. The van der Waals surface area contributed by atoms with Crippen LogP contribution in [0.3, 0.4) is 0 Å². The number of ether oxygens (including phenoxy) is 2. The van der Waals surface area contributed by atoms with Crippen LogP contribution in [0.15, 0.2) is 33.5 Å². The molecule has 0 spiro atoms. The highest BCUT2D eigenvalue weighted by atomic mass is 79.9. The van der Waals surface area contributed by atoms with Crippen LogP contribution in [0.1, 0.15) is 5.56 Å². The Labute approximate surface area is 112 Å². The highest BCUT2D eigenvalue weighted by Gasteiger charge is 2.08. The summed E-state index contributed by atoms with van der Waals surface area (Å²) in [6, 6.07) is 5.18. The van der Waals surface area contributed by atoms with Crippen molar-refractivity contribution in [2.45, 2.75) is 0 Å². The minimum Gasteiger partial charge on any atom is -0.496 e. The second kappa shape index (κ2) is 6.68. The first-order chi connectivity index (χ1) is 8.62. The van der Waals surface area contributed by atoms with Crippen LogP contribution in [0.25, 0.3) is 16.5 Å². The summed E-state index contributed by atoms with van der Waals surface area (Å²) >= 11 is 3.32. The van der Waals surface area contributed by atoms with E-state index >= 15 is 0 Å². The molecule has 0 saturated heterocycles. The fraction of sp³-hybridized carbons (Fsp3) is 0.182. The summed E-state index contributed by atoms with van der Waals surface area (Å²) in [4.78, 5) is 13.9. The lowest BCUT2D eigenvalue weighted by Crippen LogP contribution is -2.01. The minimum atomic E-state index is -0.695. The van der Waals surface area contributed by atoms with Crippen molar-refractivity contribution >= 4 is 28.0 Å². The molecular weight excluding hydrogens is 302 g/mol. The van der Waals surface area contributed by atoms with Gasteiger partial charge in [-0.15, -0.1) is 0 Å². The Kier molecular flexibility index (Phi) is 5.23. The normalized spacial score (nSPS) is 10.5. The summed E-state index contributed by atoms with van der Waals surface area (Å²) in [5.41, 5.74) is 8.94. The van der Waals surface area contributed by atoms with Crippen LogP contribution >= 0.6 is 15.9 Å². The molecule has 1 aromatic rings. The molecule has 7 heteroatoms. The third-order valence-electron chi connectivity index (χ3n) is 2.03. The van der Waals surface area contributed by atoms with E-state index in [1.54, 1.807) is 25.3 Å². The maximum atomic E-state index is 11.3. The predicted octanol–water partition coefficient (Wildman–Crippen LogP) is 3.28. The molecule has 0 aliphatic rings. The highest BCUT2D eigenvalue weighted by Crippen LogP contribution is 2.26. The number of hydrogen-bond donors (Lipinski definition) is 0. The zero-order valence-corrected chi connectivity index (χ0v) is 11.3. The molecule has 1 aromatic carbocycles. The van der Waals surface area contributed by atoms with Gasteiger partial charge in [0.05, 0.1) is 18.7 Å². The summed E-state index contributed by atoms with van der Waals surface area (Å²) in [6.07, 6.45) is 1.43. The number of hydrogen-bond acceptors (Lipinski definition) is 4. The number of methoxy groups -OCH3 is 2. The first kappa shape index (κ1) is 14.1. The molecule has 0 heterocycles. The van der Waals surface area contributed by atoms with Crippen molar-refractivity contribution in [1.29, 1.82) is 0 Å². The molecule has 0 bridgehead atoms. The van der Waals surface area contributed by atoms with Crippen LogP contribution < -0.4 is 4.74 Å². The number of rotatable bonds is 4. The monoisotopic (exact) mass is 311 g/mol. The summed E-state index contributed by atoms with van der Waals surface area (Å²) in [6.45, 7) is 0. The second-order valence-corrected chi connectivity index (χ2v) is 3.96. The lowest BCUT2D eigenvalue weighted by atomic mass is 10.2. The van der Waals surface area contributed by atoms with E-state index in [1.807, 2.05) is 0 Å². The number of nitrogens with zero attached hydrogens (tertiary/aromatic N) is 3. The van der Waals surface area contributed by atoms with Gasteiger partial charge >= 0.3 is 5.97 Å². The Morgan fingerprint density at radius 3 is 2.72 bits per heavy atom. The topological polar surface area (TPSA) is 84.3 Å². The number of benzene rings is 1. The smallest absolute Gasteiger partial charge is 0.340 e. The Hall–Kier alpha value is -1.98. The maximum Gasteiger partial charge on any atom is 0.340 e. The molecule has 0 aromatic heterocycles. The van der Waals surface area contributed by atoms with E-state index in [1.165, 1.54) is 13.2 Å². The van der Waals surface area contributed by atoms with Crippen LogP contribution in [-0.4, -0.2) is 20.2 Å². The van der Waals surface area contributed by atoms with Crippen molar-refractivity contribution in [2.24, 2.45) is 5.11 Å². The zero-order valence-electron chi connectivity index (χ0n) is 9.75. The van der Waals surface area contributed by atoms with Gasteiger partial charge in [-0.1, -0.05) is 11.2 Å². The number of esters is 1. The van der Waals surface area contributed by atoms with Gasteiger partial charge in [-0.3, -0.25) is 0 Å². The fourth-order valence-corrected chi connectivity index (χ4v) is 1.77. The predicted molar refractivity (Wildman–Crippen MR) is 69.8 cm³/mol. The van der Waals surface area contributed by atoms with Gasteiger partial charge in [0, 0.05) is 4.91 Å². The molecule has 0 radical (unpaired) electrons. The van der Waals surface area contributed by atoms with E-state index in [0.29, 0.717) is 11.3 Å². The molecule has 0 aliphatic heterocycles. The Balaban J connectivity index is 3.16. The molecule has 0 N–H and O–H groups in total. The summed E-state index contributed by atoms with van der Waals surface area (Å²) in [5.74, 6) is -0.0321. The van der Waals surface area contributed by atoms with Crippen molar-refractivity contribution in [3.63, 3.8) is 0 Å². The number of halogens is 1. The van der Waals surface area contributed by atoms with Gasteiger partial charge in [-0.05, 0) is 45.2 Å². The van der Waals surface area contributed by atoms with Crippen LogP contribution in [0.5, 0.6) is 5.75 Å². The maximum absolute atomic E-state index is 11.3. The minimum absolute atomic E-state index is 0.114. The first-order valence-electron chi connectivity index (χ1n) is 4.81. The van der Waals surface area contributed by atoms with E-state index in [9.17, 15) is 4.79 Å². The highest BCUT2D eigenvalue weighted by molar-refractivity contribution is 9.10.